The van der Waals surface area contributed by atoms with Crippen LogP contribution in [0.5, 0.6) is 0 Å². The highest BCUT2D eigenvalue weighted by Crippen LogP contribution is 2.44. The van der Waals surface area contributed by atoms with Crippen LogP contribution >= 0.6 is 0 Å². The van der Waals surface area contributed by atoms with E-state index < -0.39 is 0 Å². The smallest absolute Gasteiger partial charge is 0.0543 e. The molecule has 3 rings (SSSR count). The molecule has 2 N–H and O–H groups in total. The molecule has 2 nitrogen and oxygen atoms in total. The Morgan fingerprint density at radius 3 is 2.71 bits per heavy atom. The number of aliphatic hydroxyl groups is 1. The van der Waals surface area contributed by atoms with Crippen LogP contribution in [-0.4, -0.2) is 23.8 Å². The molecule has 0 aromatic carbocycles. The molecular weight excluding hydrogens is 210 g/mol. The van der Waals surface area contributed by atoms with Crippen LogP contribution in [0.2, 0.25) is 0 Å². The highest BCUT2D eigenvalue weighted by Gasteiger charge is 2.38. The van der Waals surface area contributed by atoms with Crippen LogP contribution in [0.3, 0.4) is 0 Å². The zero-order valence-corrected chi connectivity index (χ0v) is 10.8. The van der Waals surface area contributed by atoms with Crippen LogP contribution in [0.15, 0.2) is 12.2 Å². The van der Waals surface area contributed by atoms with Gasteiger partial charge in [0.1, 0.15) is 0 Å². The lowest BCUT2D eigenvalue weighted by Gasteiger charge is -2.27. The summed E-state index contributed by atoms with van der Waals surface area (Å²) in [5.74, 6) is 3.29. The van der Waals surface area contributed by atoms with Crippen LogP contribution < -0.4 is 5.32 Å². The van der Waals surface area contributed by atoms with Crippen molar-refractivity contribution in [2.75, 3.05) is 6.54 Å². The average molecular weight is 235 g/mol. The van der Waals surface area contributed by atoms with E-state index in [4.69, 9.17) is 0 Å². The van der Waals surface area contributed by atoms with Gasteiger partial charge in [0.25, 0.3) is 0 Å². The summed E-state index contributed by atoms with van der Waals surface area (Å²) in [6.07, 6.45) is 10.9. The van der Waals surface area contributed by atoms with E-state index in [1.807, 2.05) is 0 Å². The maximum Gasteiger partial charge on any atom is 0.0543 e. The van der Waals surface area contributed by atoms with Crippen molar-refractivity contribution >= 4 is 0 Å². The molecule has 2 fully saturated rings. The van der Waals surface area contributed by atoms with Crippen molar-refractivity contribution in [2.24, 2.45) is 23.7 Å². The van der Waals surface area contributed by atoms with E-state index in [9.17, 15) is 5.11 Å². The minimum atomic E-state index is -0.0254. The van der Waals surface area contributed by atoms with Gasteiger partial charge in [0.2, 0.25) is 0 Å². The molecule has 17 heavy (non-hydrogen) atoms. The van der Waals surface area contributed by atoms with E-state index in [1.54, 1.807) is 0 Å². The van der Waals surface area contributed by atoms with Crippen molar-refractivity contribution in [1.82, 2.24) is 5.32 Å². The van der Waals surface area contributed by atoms with Gasteiger partial charge >= 0.3 is 0 Å². The highest BCUT2D eigenvalue weighted by molar-refractivity contribution is 5.11. The third-order valence-electron chi connectivity index (χ3n) is 5.21. The maximum atomic E-state index is 9.53. The van der Waals surface area contributed by atoms with Gasteiger partial charge < -0.3 is 10.4 Å². The Balaban J connectivity index is 1.44. The quantitative estimate of drug-likeness (QED) is 0.733. The van der Waals surface area contributed by atoms with E-state index in [2.05, 4.69) is 24.4 Å². The highest BCUT2D eigenvalue weighted by atomic mass is 16.3. The number of nitrogens with one attached hydrogen (secondary N) is 1. The summed E-state index contributed by atoms with van der Waals surface area (Å²) in [6, 6.07) is 0.646. The molecule has 2 saturated carbocycles. The summed E-state index contributed by atoms with van der Waals surface area (Å²) in [4.78, 5) is 0. The van der Waals surface area contributed by atoms with Crippen LogP contribution in [0, 0.1) is 23.7 Å². The van der Waals surface area contributed by atoms with Gasteiger partial charge in [-0.2, -0.15) is 0 Å². The second-order valence-corrected chi connectivity index (χ2v) is 6.47. The second-order valence-electron chi connectivity index (χ2n) is 6.47. The lowest BCUT2D eigenvalue weighted by atomic mass is 9.87. The van der Waals surface area contributed by atoms with Crippen molar-refractivity contribution in [3.8, 4) is 0 Å². The molecule has 96 valence electrons. The lowest BCUT2D eigenvalue weighted by Crippen LogP contribution is -2.38. The Hall–Kier alpha value is -0.340. The van der Waals surface area contributed by atoms with Crippen LogP contribution in [0.4, 0.5) is 0 Å². The Bertz CT molecular complexity index is 301. The SMILES string of the molecule is CC(NCC1CCC(O)C1)C1CC2C=CC1C2. The first-order valence-corrected chi connectivity index (χ1v) is 7.32. The van der Waals surface area contributed by atoms with Crippen molar-refractivity contribution < 1.29 is 5.11 Å². The molecule has 3 aliphatic carbocycles. The van der Waals surface area contributed by atoms with Crippen LogP contribution in [0.25, 0.3) is 0 Å². The van der Waals surface area contributed by atoms with Crippen LogP contribution in [-0.2, 0) is 0 Å². The molecular formula is C15H25NO. The zero-order valence-electron chi connectivity index (χ0n) is 10.8. The Labute approximate surface area is 104 Å². The van der Waals surface area contributed by atoms with Gasteiger partial charge in [-0.15, -0.1) is 0 Å². The first-order valence-electron chi connectivity index (χ1n) is 7.32. The molecule has 0 spiro atoms. The molecule has 0 amide bonds. The summed E-state index contributed by atoms with van der Waals surface area (Å²) in [5, 5.41) is 13.3. The van der Waals surface area contributed by atoms with Crippen molar-refractivity contribution in [1.29, 1.82) is 0 Å². The Morgan fingerprint density at radius 1 is 1.24 bits per heavy atom. The number of allylic oxidation sites excluding steroid dienone is 2. The number of rotatable bonds is 4. The fourth-order valence-electron chi connectivity index (χ4n) is 4.14. The molecule has 2 bridgehead atoms. The minimum absolute atomic E-state index is 0.0254. The largest absolute Gasteiger partial charge is 0.393 e. The van der Waals surface area contributed by atoms with Crippen LogP contribution in [0.1, 0.15) is 39.0 Å². The fraction of sp³-hybridized carbons (Fsp3) is 0.867. The second kappa shape index (κ2) is 4.74. The molecule has 0 aliphatic heterocycles. The van der Waals surface area contributed by atoms with Gasteiger partial charge in [-0.25, -0.2) is 0 Å². The van der Waals surface area contributed by atoms with Crippen molar-refractivity contribution in [3.63, 3.8) is 0 Å². The standard InChI is InChI=1S/C15H25NO/c1-10(15-8-11-2-4-13(15)6-11)16-9-12-3-5-14(17)7-12/h2,4,10-17H,3,5-9H2,1H3. The number of fused-ring (bicyclic) bond motifs is 2. The van der Waals surface area contributed by atoms with Gasteiger partial charge in [0.15, 0.2) is 0 Å². The molecule has 6 unspecified atom stereocenters. The third kappa shape index (κ3) is 2.43. The maximum absolute atomic E-state index is 9.53. The summed E-state index contributed by atoms with van der Waals surface area (Å²) in [5.41, 5.74) is 0. The predicted octanol–water partition coefficient (Wildman–Crippen LogP) is 2.34. The number of hydrogen-bond donors (Lipinski definition) is 2. The van der Waals surface area contributed by atoms with Gasteiger partial charge in [-0.05, 0) is 69.2 Å². The van der Waals surface area contributed by atoms with Gasteiger partial charge in [-0.1, -0.05) is 12.2 Å². The van der Waals surface area contributed by atoms with E-state index in [0.29, 0.717) is 12.0 Å². The van der Waals surface area contributed by atoms with Gasteiger partial charge in [0, 0.05) is 6.04 Å². The molecule has 0 heterocycles. The fourth-order valence-corrected chi connectivity index (χ4v) is 4.14. The van der Waals surface area contributed by atoms with E-state index >= 15 is 0 Å². The Morgan fingerprint density at radius 2 is 2.12 bits per heavy atom. The van der Waals surface area contributed by atoms with Gasteiger partial charge in [-0.3, -0.25) is 0 Å². The zero-order chi connectivity index (χ0) is 11.8. The monoisotopic (exact) mass is 235 g/mol. The topological polar surface area (TPSA) is 32.3 Å². The van der Waals surface area contributed by atoms with E-state index in [0.717, 1.165) is 37.1 Å². The molecule has 0 aromatic heterocycles. The van der Waals surface area contributed by atoms with E-state index in [1.165, 1.54) is 19.3 Å². The minimum Gasteiger partial charge on any atom is -0.393 e. The van der Waals surface area contributed by atoms with Crippen molar-refractivity contribution in [3.05, 3.63) is 12.2 Å². The first kappa shape index (κ1) is 11.7. The molecule has 3 aliphatic rings. The summed E-state index contributed by atoms with van der Waals surface area (Å²) >= 11 is 0. The summed E-state index contributed by atoms with van der Waals surface area (Å²) < 4.78 is 0. The molecule has 2 heteroatoms. The number of aliphatic hydroxyl groups excluding tert-OH is 1. The van der Waals surface area contributed by atoms with Gasteiger partial charge in [0.05, 0.1) is 6.10 Å². The molecule has 6 atom stereocenters. The lowest BCUT2D eigenvalue weighted by molar-refractivity contribution is 0.176. The molecule has 0 saturated heterocycles. The average Bonchev–Trinajstić information content (AvgIpc) is 3.01. The summed E-state index contributed by atoms with van der Waals surface area (Å²) in [7, 11) is 0. The molecule has 0 radical (unpaired) electrons. The normalized spacial score (nSPS) is 45.6. The van der Waals surface area contributed by atoms with Crippen molar-refractivity contribution in [2.45, 2.75) is 51.2 Å². The Kier molecular flexibility index (Phi) is 3.27. The predicted molar refractivity (Wildman–Crippen MR) is 69.7 cm³/mol. The number of hydrogen-bond acceptors (Lipinski definition) is 2. The summed E-state index contributed by atoms with van der Waals surface area (Å²) in [6.45, 7) is 3.46. The first-order chi connectivity index (χ1) is 8.22. The molecule has 0 aromatic rings. The third-order valence-corrected chi connectivity index (χ3v) is 5.21. The van der Waals surface area contributed by atoms with E-state index in [-0.39, 0.29) is 6.10 Å².